The summed E-state index contributed by atoms with van der Waals surface area (Å²) in [7, 11) is 0. The molecule has 0 bridgehead atoms. The summed E-state index contributed by atoms with van der Waals surface area (Å²) >= 11 is 6.09. The Morgan fingerprint density at radius 2 is 1.82 bits per heavy atom. The lowest BCUT2D eigenvalue weighted by Crippen LogP contribution is -2.33. The van der Waals surface area contributed by atoms with E-state index in [0.29, 0.717) is 28.8 Å². The second-order valence-corrected chi connectivity index (χ2v) is 8.78. The van der Waals surface area contributed by atoms with Crippen LogP contribution in [0.1, 0.15) is 34.5 Å². The standard InChI is InChI=1S/C27H23ClFN3O2/c1-18-25(17-31(22-14-15-22)26(33)19-6-5-7-21(29)16-19)27(34-24-8-3-2-4-9-24)32(30-18)23-12-10-20(28)11-13-23/h2-13,16,22H,14-15,17H2,1H3. The highest BCUT2D eigenvalue weighted by atomic mass is 35.5. The van der Waals surface area contributed by atoms with E-state index in [2.05, 4.69) is 0 Å². The molecule has 1 fully saturated rings. The molecular weight excluding hydrogens is 453 g/mol. The van der Waals surface area contributed by atoms with Gasteiger partial charge < -0.3 is 9.64 Å². The van der Waals surface area contributed by atoms with Gasteiger partial charge in [-0.2, -0.15) is 5.10 Å². The molecule has 4 aromatic rings. The van der Waals surface area contributed by atoms with E-state index < -0.39 is 5.82 Å². The first-order valence-electron chi connectivity index (χ1n) is 11.1. The number of aryl methyl sites for hydroxylation is 1. The van der Waals surface area contributed by atoms with Crippen LogP contribution in [0, 0.1) is 12.7 Å². The van der Waals surface area contributed by atoms with Gasteiger partial charge in [0.25, 0.3) is 5.91 Å². The van der Waals surface area contributed by atoms with E-state index in [1.165, 1.54) is 12.1 Å². The fourth-order valence-electron chi connectivity index (χ4n) is 3.89. The van der Waals surface area contributed by atoms with E-state index in [9.17, 15) is 9.18 Å². The summed E-state index contributed by atoms with van der Waals surface area (Å²) in [6.45, 7) is 2.21. The molecule has 1 aliphatic carbocycles. The Balaban J connectivity index is 1.55. The van der Waals surface area contributed by atoms with Crippen LogP contribution in [0.15, 0.2) is 78.9 Å². The molecule has 5 nitrogen and oxygen atoms in total. The van der Waals surface area contributed by atoms with Crippen molar-refractivity contribution in [3.8, 4) is 17.3 Å². The van der Waals surface area contributed by atoms with Gasteiger partial charge in [0.2, 0.25) is 5.88 Å². The maximum absolute atomic E-state index is 13.8. The summed E-state index contributed by atoms with van der Waals surface area (Å²) in [5.74, 6) is 0.560. The minimum absolute atomic E-state index is 0.110. The number of para-hydroxylation sites is 1. The molecule has 0 radical (unpaired) electrons. The summed E-state index contributed by atoms with van der Waals surface area (Å²) in [5, 5.41) is 5.36. The van der Waals surface area contributed by atoms with Crippen LogP contribution in [0.5, 0.6) is 11.6 Å². The SMILES string of the molecule is Cc1nn(-c2ccc(Cl)cc2)c(Oc2ccccc2)c1CN(C(=O)c1cccc(F)c1)C1CC1. The number of aromatic nitrogens is 2. The monoisotopic (exact) mass is 475 g/mol. The maximum Gasteiger partial charge on any atom is 0.254 e. The molecule has 7 heteroatoms. The summed E-state index contributed by atoms with van der Waals surface area (Å²) in [6, 6.07) is 22.7. The molecule has 0 atom stereocenters. The van der Waals surface area contributed by atoms with Gasteiger partial charge in [-0.25, -0.2) is 9.07 Å². The van der Waals surface area contributed by atoms with Gasteiger partial charge in [-0.3, -0.25) is 4.79 Å². The summed E-state index contributed by atoms with van der Waals surface area (Å²) in [4.78, 5) is 15.1. The van der Waals surface area contributed by atoms with Crippen molar-refractivity contribution >= 4 is 17.5 Å². The van der Waals surface area contributed by atoms with Crippen molar-refractivity contribution in [1.29, 1.82) is 0 Å². The van der Waals surface area contributed by atoms with Crippen molar-refractivity contribution in [1.82, 2.24) is 14.7 Å². The van der Waals surface area contributed by atoms with Gasteiger partial charge in [0, 0.05) is 16.6 Å². The molecule has 1 heterocycles. The molecule has 0 N–H and O–H groups in total. The largest absolute Gasteiger partial charge is 0.439 e. The molecule has 1 amide bonds. The Bertz CT molecular complexity index is 1320. The van der Waals surface area contributed by atoms with E-state index in [1.54, 1.807) is 33.8 Å². The number of carbonyl (C=O) groups is 1. The molecular formula is C27H23ClFN3O2. The molecule has 3 aromatic carbocycles. The van der Waals surface area contributed by atoms with Crippen LogP contribution >= 0.6 is 11.6 Å². The van der Waals surface area contributed by atoms with Gasteiger partial charge in [-0.05, 0) is 74.4 Å². The highest BCUT2D eigenvalue weighted by Gasteiger charge is 2.35. The Labute approximate surface area is 202 Å². The van der Waals surface area contributed by atoms with Gasteiger partial charge in [0.15, 0.2) is 0 Å². The smallest absolute Gasteiger partial charge is 0.254 e. The third kappa shape index (κ3) is 4.68. The molecule has 5 rings (SSSR count). The van der Waals surface area contributed by atoms with Crippen LogP contribution in [0.2, 0.25) is 5.02 Å². The highest BCUT2D eigenvalue weighted by molar-refractivity contribution is 6.30. The average molecular weight is 476 g/mol. The zero-order chi connectivity index (χ0) is 23.7. The molecule has 0 unspecified atom stereocenters. The molecule has 0 aliphatic heterocycles. The minimum Gasteiger partial charge on any atom is -0.439 e. The Hall–Kier alpha value is -3.64. The lowest BCUT2D eigenvalue weighted by molar-refractivity contribution is 0.0728. The number of hydrogen-bond donors (Lipinski definition) is 0. The predicted molar refractivity (Wildman–Crippen MR) is 129 cm³/mol. The summed E-state index contributed by atoms with van der Waals surface area (Å²) in [6.07, 6.45) is 1.83. The lowest BCUT2D eigenvalue weighted by atomic mass is 10.1. The van der Waals surface area contributed by atoms with Crippen LogP contribution in [-0.4, -0.2) is 26.6 Å². The first-order chi connectivity index (χ1) is 16.5. The Morgan fingerprint density at radius 1 is 1.09 bits per heavy atom. The third-order valence-corrected chi connectivity index (χ3v) is 6.07. The summed E-state index contributed by atoms with van der Waals surface area (Å²) < 4.78 is 21.9. The number of ether oxygens (including phenoxy) is 1. The maximum atomic E-state index is 13.8. The number of halogens is 2. The Morgan fingerprint density at radius 3 is 2.50 bits per heavy atom. The van der Waals surface area contributed by atoms with Gasteiger partial charge in [-0.1, -0.05) is 35.9 Å². The normalized spacial score (nSPS) is 13.0. The molecule has 0 saturated heterocycles. The number of carbonyl (C=O) groups excluding carboxylic acids is 1. The van der Waals surface area contributed by atoms with Crippen molar-refractivity contribution in [2.75, 3.05) is 0 Å². The minimum atomic E-state index is -0.429. The first-order valence-corrected chi connectivity index (χ1v) is 11.5. The van der Waals surface area contributed by atoms with Gasteiger partial charge in [0.05, 0.1) is 23.5 Å². The number of benzene rings is 3. The second-order valence-electron chi connectivity index (χ2n) is 8.35. The fraction of sp³-hybridized carbons (Fsp3) is 0.185. The van der Waals surface area contributed by atoms with Crippen molar-refractivity contribution in [3.63, 3.8) is 0 Å². The zero-order valence-corrected chi connectivity index (χ0v) is 19.4. The second kappa shape index (κ2) is 9.31. The van der Waals surface area contributed by atoms with E-state index in [0.717, 1.165) is 29.8 Å². The van der Waals surface area contributed by atoms with Gasteiger partial charge in [-0.15, -0.1) is 0 Å². The van der Waals surface area contributed by atoms with E-state index in [1.807, 2.05) is 49.4 Å². The quantitative estimate of drug-likeness (QED) is 0.303. The van der Waals surface area contributed by atoms with Gasteiger partial charge >= 0.3 is 0 Å². The van der Waals surface area contributed by atoms with E-state index in [-0.39, 0.29) is 11.9 Å². The van der Waals surface area contributed by atoms with E-state index >= 15 is 0 Å². The van der Waals surface area contributed by atoms with Crippen LogP contribution in [0.3, 0.4) is 0 Å². The molecule has 34 heavy (non-hydrogen) atoms. The third-order valence-electron chi connectivity index (χ3n) is 5.81. The number of hydrogen-bond acceptors (Lipinski definition) is 3. The van der Waals surface area contributed by atoms with E-state index in [4.69, 9.17) is 21.4 Å². The average Bonchev–Trinajstić information content (AvgIpc) is 3.64. The Kier molecular flexibility index (Phi) is 6.07. The van der Waals surface area contributed by atoms with Crippen LogP contribution in [0.4, 0.5) is 4.39 Å². The van der Waals surface area contributed by atoms with Crippen LogP contribution < -0.4 is 4.74 Å². The lowest BCUT2D eigenvalue weighted by Gasteiger charge is -2.23. The topological polar surface area (TPSA) is 47.4 Å². The van der Waals surface area contributed by atoms with Crippen molar-refractivity contribution in [2.24, 2.45) is 0 Å². The first kappa shape index (κ1) is 22.2. The van der Waals surface area contributed by atoms with Crippen LogP contribution in [0.25, 0.3) is 5.69 Å². The highest BCUT2D eigenvalue weighted by Crippen LogP contribution is 2.36. The van der Waals surface area contributed by atoms with Crippen molar-refractivity contribution < 1.29 is 13.9 Å². The molecule has 1 saturated carbocycles. The van der Waals surface area contributed by atoms with Crippen molar-refractivity contribution in [2.45, 2.75) is 32.4 Å². The molecule has 0 spiro atoms. The molecule has 1 aromatic heterocycles. The predicted octanol–water partition coefficient (Wildman–Crippen LogP) is 6.57. The zero-order valence-electron chi connectivity index (χ0n) is 18.6. The number of rotatable bonds is 7. The number of amides is 1. The van der Waals surface area contributed by atoms with Crippen LogP contribution in [-0.2, 0) is 6.54 Å². The fourth-order valence-corrected chi connectivity index (χ4v) is 4.02. The van der Waals surface area contributed by atoms with Gasteiger partial charge in [0.1, 0.15) is 11.6 Å². The molecule has 1 aliphatic rings. The summed E-state index contributed by atoms with van der Waals surface area (Å²) in [5.41, 5.74) is 2.67. The molecule has 172 valence electrons. The van der Waals surface area contributed by atoms with Crippen molar-refractivity contribution in [3.05, 3.63) is 107 Å². The number of nitrogens with zero attached hydrogens (tertiary/aromatic N) is 3.